The van der Waals surface area contributed by atoms with Gasteiger partial charge in [0, 0.05) is 13.1 Å². The van der Waals surface area contributed by atoms with Crippen molar-refractivity contribution in [3.63, 3.8) is 0 Å². The molecule has 0 aliphatic carbocycles. The van der Waals surface area contributed by atoms with E-state index in [1.807, 2.05) is 6.07 Å². The first-order valence-corrected chi connectivity index (χ1v) is 6.33. The van der Waals surface area contributed by atoms with Crippen LogP contribution in [-0.2, 0) is 6.54 Å². The second-order valence-electron chi connectivity index (χ2n) is 5.04. The minimum atomic E-state index is -0.332. The molecule has 1 aromatic carbocycles. The van der Waals surface area contributed by atoms with Gasteiger partial charge in [0.25, 0.3) is 0 Å². The molecular formula is C14H20FNO2. The van der Waals surface area contributed by atoms with Crippen LogP contribution in [0.25, 0.3) is 0 Å². The number of hydrogen-bond acceptors (Lipinski definition) is 3. The van der Waals surface area contributed by atoms with Crippen molar-refractivity contribution in [2.45, 2.75) is 26.0 Å². The molecule has 2 rings (SSSR count). The van der Waals surface area contributed by atoms with Crippen molar-refractivity contribution in [1.82, 2.24) is 4.90 Å². The van der Waals surface area contributed by atoms with Crippen LogP contribution in [0.4, 0.5) is 4.39 Å². The standard InChI is InChI=1S/C14H20FNO2/c1-10-5-6-16(9-13(10)17)8-11-3-4-14(18-2)12(15)7-11/h3-4,7,10,13,17H,5-6,8-9H2,1-2H3. The molecule has 1 aliphatic rings. The number of nitrogens with zero attached hydrogens (tertiary/aromatic N) is 1. The first-order valence-electron chi connectivity index (χ1n) is 6.33. The van der Waals surface area contributed by atoms with Crippen LogP contribution in [0.2, 0.25) is 0 Å². The number of hydrogen-bond donors (Lipinski definition) is 1. The van der Waals surface area contributed by atoms with E-state index in [4.69, 9.17) is 4.74 Å². The average molecular weight is 253 g/mol. The third-order valence-electron chi connectivity index (χ3n) is 3.63. The summed E-state index contributed by atoms with van der Waals surface area (Å²) in [5, 5.41) is 9.83. The molecule has 1 heterocycles. The van der Waals surface area contributed by atoms with Gasteiger partial charge < -0.3 is 9.84 Å². The SMILES string of the molecule is COc1ccc(CN2CCC(C)C(O)C2)cc1F. The van der Waals surface area contributed by atoms with Gasteiger partial charge in [-0.05, 0) is 36.6 Å². The summed E-state index contributed by atoms with van der Waals surface area (Å²) in [5.41, 5.74) is 0.912. The highest BCUT2D eigenvalue weighted by Crippen LogP contribution is 2.21. The molecule has 0 radical (unpaired) electrons. The smallest absolute Gasteiger partial charge is 0.165 e. The number of rotatable bonds is 3. The molecule has 0 amide bonds. The van der Waals surface area contributed by atoms with Crippen molar-refractivity contribution >= 4 is 0 Å². The van der Waals surface area contributed by atoms with Crippen LogP contribution in [0.1, 0.15) is 18.9 Å². The highest BCUT2D eigenvalue weighted by atomic mass is 19.1. The van der Waals surface area contributed by atoms with Crippen LogP contribution in [0.5, 0.6) is 5.75 Å². The molecule has 4 heteroatoms. The Morgan fingerprint density at radius 2 is 2.28 bits per heavy atom. The van der Waals surface area contributed by atoms with Gasteiger partial charge in [0.2, 0.25) is 0 Å². The van der Waals surface area contributed by atoms with Crippen LogP contribution < -0.4 is 4.74 Å². The Kier molecular flexibility index (Phi) is 4.19. The summed E-state index contributed by atoms with van der Waals surface area (Å²) in [7, 11) is 1.46. The summed E-state index contributed by atoms with van der Waals surface area (Å²) < 4.78 is 18.4. The zero-order chi connectivity index (χ0) is 13.1. The van der Waals surface area contributed by atoms with Crippen molar-refractivity contribution in [2.75, 3.05) is 20.2 Å². The number of methoxy groups -OCH3 is 1. The van der Waals surface area contributed by atoms with Gasteiger partial charge in [-0.15, -0.1) is 0 Å². The van der Waals surface area contributed by atoms with E-state index in [1.54, 1.807) is 6.07 Å². The predicted octanol–water partition coefficient (Wildman–Crippen LogP) is 2.04. The van der Waals surface area contributed by atoms with E-state index in [1.165, 1.54) is 13.2 Å². The van der Waals surface area contributed by atoms with Gasteiger partial charge in [-0.1, -0.05) is 13.0 Å². The lowest BCUT2D eigenvalue weighted by atomic mass is 9.96. The van der Waals surface area contributed by atoms with Gasteiger partial charge in [-0.25, -0.2) is 4.39 Å². The molecule has 3 nitrogen and oxygen atoms in total. The summed E-state index contributed by atoms with van der Waals surface area (Å²) in [5.74, 6) is 0.292. The molecule has 1 aromatic rings. The van der Waals surface area contributed by atoms with Crippen LogP contribution in [0, 0.1) is 11.7 Å². The third kappa shape index (κ3) is 3.00. The van der Waals surface area contributed by atoms with Gasteiger partial charge in [-0.3, -0.25) is 4.90 Å². The van der Waals surface area contributed by atoms with Crippen molar-refractivity contribution < 1.29 is 14.2 Å². The normalized spacial score (nSPS) is 25.1. The van der Waals surface area contributed by atoms with Crippen molar-refractivity contribution in [2.24, 2.45) is 5.92 Å². The molecule has 1 fully saturated rings. The van der Waals surface area contributed by atoms with Crippen LogP contribution in [-0.4, -0.2) is 36.3 Å². The Balaban J connectivity index is 1.99. The molecule has 1 N–H and O–H groups in total. The number of halogens is 1. The Bertz CT molecular complexity index is 411. The molecule has 2 unspecified atom stereocenters. The molecule has 0 aromatic heterocycles. The van der Waals surface area contributed by atoms with E-state index in [0.717, 1.165) is 18.5 Å². The summed E-state index contributed by atoms with van der Waals surface area (Å²) in [6.45, 7) is 4.35. The van der Waals surface area contributed by atoms with Gasteiger partial charge in [-0.2, -0.15) is 0 Å². The average Bonchev–Trinajstić information content (AvgIpc) is 2.34. The van der Waals surface area contributed by atoms with E-state index in [9.17, 15) is 9.50 Å². The minimum Gasteiger partial charge on any atom is -0.494 e. The zero-order valence-corrected chi connectivity index (χ0v) is 10.9. The largest absolute Gasteiger partial charge is 0.494 e. The molecule has 0 bridgehead atoms. The van der Waals surface area contributed by atoms with Gasteiger partial charge in [0.05, 0.1) is 13.2 Å². The second-order valence-corrected chi connectivity index (χ2v) is 5.04. The number of piperidine rings is 1. The summed E-state index contributed by atoms with van der Waals surface area (Å²) in [6.07, 6.45) is 0.710. The van der Waals surface area contributed by atoms with Gasteiger partial charge >= 0.3 is 0 Å². The maximum Gasteiger partial charge on any atom is 0.165 e. The fourth-order valence-corrected chi connectivity index (χ4v) is 2.32. The highest BCUT2D eigenvalue weighted by molar-refractivity contribution is 5.29. The van der Waals surface area contributed by atoms with Gasteiger partial charge in [0.1, 0.15) is 0 Å². The van der Waals surface area contributed by atoms with E-state index < -0.39 is 0 Å². The maximum absolute atomic E-state index is 13.6. The minimum absolute atomic E-state index is 0.269. The molecule has 18 heavy (non-hydrogen) atoms. The predicted molar refractivity (Wildman–Crippen MR) is 68.0 cm³/mol. The third-order valence-corrected chi connectivity index (χ3v) is 3.63. The summed E-state index contributed by atoms with van der Waals surface area (Å²) >= 11 is 0. The van der Waals surface area contributed by atoms with Crippen LogP contribution in [0.15, 0.2) is 18.2 Å². The molecule has 0 saturated carbocycles. The van der Waals surface area contributed by atoms with Gasteiger partial charge in [0.15, 0.2) is 11.6 Å². The first-order chi connectivity index (χ1) is 8.60. The molecule has 100 valence electrons. The topological polar surface area (TPSA) is 32.7 Å². The van der Waals surface area contributed by atoms with Crippen LogP contribution in [0.3, 0.4) is 0 Å². The number of likely N-dealkylation sites (tertiary alicyclic amines) is 1. The van der Waals surface area contributed by atoms with Crippen molar-refractivity contribution in [1.29, 1.82) is 0 Å². The Labute approximate surface area is 107 Å². The molecule has 0 spiro atoms. The maximum atomic E-state index is 13.6. The number of aliphatic hydroxyl groups is 1. The summed E-state index contributed by atoms with van der Waals surface area (Å²) in [6, 6.07) is 5.02. The Hall–Kier alpha value is -1.13. The highest BCUT2D eigenvalue weighted by Gasteiger charge is 2.24. The van der Waals surface area contributed by atoms with Crippen LogP contribution >= 0.6 is 0 Å². The lowest BCUT2D eigenvalue weighted by Crippen LogP contribution is -2.42. The second kappa shape index (κ2) is 5.67. The molecule has 2 atom stereocenters. The quantitative estimate of drug-likeness (QED) is 0.894. The Morgan fingerprint density at radius 3 is 2.89 bits per heavy atom. The van der Waals surface area contributed by atoms with E-state index >= 15 is 0 Å². The zero-order valence-electron chi connectivity index (χ0n) is 10.9. The van der Waals surface area contributed by atoms with Crippen molar-refractivity contribution in [3.8, 4) is 5.75 Å². The fraction of sp³-hybridized carbons (Fsp3) is 0.571. The molecular weight excluding hydrogens is 233 g/mol. The van der Waals surface area contributed by atoms with E-state index in [0.29, 0.717) is 19.0 Å². The molecule has 1 saturated heterocycles. The van der Waals surface area contributed by atoms with E-state index in [2.05, 4.69) is 11.8 Å². The fourth-order valence-electron chi connectivity index (χ4n) is 2.32. The Morgan fingerprint density at radius 1 is 1.50 bits per heavy atom. The monoisotopic (exact) mass is 253 g/mol. The summed E-state index contributed by atoms with van der Waals surface area (Å²) in [4.78, 5) is 2.16. The number of aliphatic hydroxyl groups excluding tert-OH is 1. The van der Waals surface area contributed by atoms with E-state index in [-0.39, 0.29) is 17.7 Å². The number of benzene rings is 1. The lowest BCUT2D eigenvalue weighted by molar-refractivity contribution is 0.0259. The first kappa shape index (κ1) is 13.3. The lowest BCUT2D eigenvalue weighted by Gasteiger charge is -2.34. The van der Waals surface area contributed by atoms with Crippen molar-refractivity contribution in [3.05, 3.63) is 29.6 Å². The number of ether oxygens (including phenoxy) is 1. The number of β-amino-alcohol motifs (C(OH)–C–C–N with tert-alkyl or cyclic N) is 1. The molecule has 1 aliphatic heterocycles.